The molecule has 0 aromatic heterocycles. The van der Waals surface area contributed by atoms with Crippen molar-refractivity contribution in [1.82, 2.24) is 0 Å². The summed E-state index contributed by atoms with van der Waals surface area (Å²) in [5.41, 5.74) is -0.447. The van der Waals surface area contributed by atoms with Crippen LogP contribution in [0.15, 0.2) is 30.3 Å². The summed E-state index contributed by atoms with van der Waals surface area (Å²) in [4.78, 5) is 0. The number of aryl methyl sites for hydroxylation is 2. The van der Waals surface area contributed by atoms with Crippen LogP contribution in [0.3, 0.4) is 0 Å². The van der Waals surface area contributed by atoms with Crippen molar-refractivity contribution in [3.05, 3.63) is 70.0 Å². The number of benzene rings is 2. The molecule has 0 nitrogen and oxygen atoms in total. The molecule has 3 rings (SSSR count). The minimum atomic E-state index is -5.09. The van der Waals surface area contributed by atoms with Gasteiger partial charge in [-0.15, -0.1) is 0 Å². The molecule has 0 radical (unpaired) electrons. The summed E-state index contributed by atoms with van der Waals surface area (Å²) in [6.07, 6.45) is 7.35. The molecule has 2 aromatic carbocycles. The molecule has 2 aromatic rings. The highest BCUT2D eigenvalue weighted by Gasteiger charge is 2.37. The Labute approximate surface area is 198 Å². The van der Waals surface area contributed by atoms with E-state index in [0.29, 0.717) is 23.6 Å². The van der Waals surface area contributed by atoms with Crippen molar-refractivity contribution in [3.8, 4) is 0 Å². The maximum atomic E-state index is 14.7. The topological polar surface area (TPSA) is 0 Å². The molecule has 1 aliphatic rings. The van der Waals surface area contributed by atoms with Crippen LogP contribution in [0.2, 0.25) is 0 Å². The molecule has 0 N–H and O–H groups in total. The van der Waals surface area contributed by atoms with E-state index in [1.807, 2.05) is 6.07 Å². The molecule has 0 amide bonds. The number of hydrogen-bond donors (Lipinski definition) is 0. The van der Waals surface area contributed by atoms with E-state index in [1.165, 1.54) is 51.4 Å². The van der Waals surface area contributed by atoms with Gasteiger partial charge in [-0.25, -0.2) is 13.2 Å². The summed E-state index contributed by atoms with van der Waals surface area (Å²) in [6, 6.07) is 6.53. The summed E-state index contributed by atoms with van der Waals surface area (Å²) in [5, 5.41) is 0. The van der Waals surface area contributed by atoms with Gasteiger partial charge in [0.05, 0.1) is 0 Å². The summed E-state index contributed by atoms with van der Waals surface area (Å²) in [6.45, 7) is 2.22. The maximum Gasteiger partial charge on any atom is 0.422 e. The molecule has 0 atom stereocenters. The van der Waals surface area contributed by atoms with Crippen LogP contribution in [0.1, 0.15) is 99.3 Å². The molecule has 0 heterocycles. The predicted molar refractivity (Wildman–Crippen MR) is 123 cm³/mol. The second kappa shape index (κ2) is 12.1. The Morgan fingerprint density at radius 2 is 1.41 bits per heavy atom. The first-order chi connectivity index (χ1) is 16.2. The van der Waals surface area contributed by atoms with Gasteiger partial charge in [-0.1, -0.05) is 57.6 Å². The van der Waals surface area contributed by atoms with Gasteiger partial charge in [0.1, 0.15) is 23.0 Å². The van der Waals surface area contributed by atoms with Crippen LogP contribution in [0.4, 0.5) is 26.3 Å². The van der Waals surface area contributed by atoms with E-state index in [1.54, 1.807) is 12.1 Å². The second-order valence-electron chi connectivity index (χ2n) is 9.70. The average Bonchev–Trinajstić information content (AvgIpc) is 2.77. The van der Waals surface area contributed by atoms with E-state index in [2.05, 4.69) is 6.92 Å². The summed E-state index contributed by atoms with van der Waals surface area (Å²) in [5.74, 6) is -2.54. The molecule has 0 unspecified atom stereocenters. The van der Waals surface area contributed by atoms with Crippen LogP contribution in [-0.2, 0) is 19.0 Å². The molecule has 0 bridgehead atoms. The van der Waals surface area contributed by atoms with E-state index >= 15 is 0 Å². The zero-order chi connectivity index (χ0) is 24.7. The van der Waals surface area contributed by atoms with Crippen molar-refractivity contribution in [2.45, 2.75) is 96.1 Å². The SMILES string of the molecule is CCCCCCCC1CCC(c2ccc(CCc3cc(F)c(C(F)(F)F)c(F)c3)c(F)c2)CC1. The third kappa shape index (κ3) is 7.26. The number of alkyl halides is 3. The van der Waals surface area contributed by atoms with Gasteiger partial charge in [0, 0.05) is 0 Å². The van der Waals surface area contributed by atoms with Crippen molar-refractivity contribution >= 4 is 0 Å². The predicted octanol–water partition coefficient (Wildman–Crippen LogP) is 9.54. The Hall–Kier alpha value is -1.98. The monoisotopic (exact) mass is 484 g/mol. The van der Waals surface area contributed by atoms with Gasteiger partial charge >= 0.3 is 6.18 Å². The molecule has 34 heavy (non-hydrogen) atoms. The van der Waals surface area contributed by atoms with Gasteiger partial charge in [0.25, 0.3) is 0 Å². The Morgan fingerprint density at radius 3 is 2.00 bits per heavy atom. The van der Waals surface area contributed by atoms with Crippen LogP contribution in [0.5, 0.6) is 0 Å². The van der Waals surface area contributed by atoms with Gasteiger partial charge in [-0.3, -0.25) is 0 Å². The molecule has 0 spiro atoms. The minimum absolute atomic E-state index is 0.0472. The van der Waals surface area contributed by atoms with Crippen molar-refractivity contribution in [3.63, 3.8) is 0 Å². The Kier molecular flexibility index (Phi) is 9.49. The van der Waals surface area contributed by atoms with Gasteiger partial charge in [0.2, 0.25) is 0 Å². The van der Waals surface area contributed by atoms with Crippen molar-refractivity contribution in [2.75, 3.05) is 0 Å². The van der Waals surface area contributed by atoms with Crippen LogP contribution in [0, 0.1) is 23.4 Å². The summed E-state index contributed by atoms with van der Waals surface area (Å²) < 4.78 is 80.5. The van der Waals surface area contributed by atoms with Gasteiger partial charge in [0.15, 0.2) is 0 Å². The summed E-state index contributed by atoms with van der Waals surface area (Å²) in [7, 11) is 0. The van der Waals surface area contributed by atoms with Crippen molar-refractivity contribution in [2.24, 2.45) is 5.92 Å². The van der Waals surface area contributed by atoms with E-state index in [0.717, 1.165) is 24.3 Å². The largest absolute Gasteiger partial charge is 0.422 e. The van der Waals surface area contributed by atoms with Gasteiger partial charge in [-0.05, 0) is 85.3 Å². The third-order valence-corrected chi connectivity index (χ3v) is 7.18. The second-order valence-corrected chi connectivity index (χ2v) is 9.70. The highest BCUT2D eigenvalue weighted by Crippen LogP contribution is 2.38. The molecule has 1 aliphatic carbocycles. The lowest BCUT2D eigenvalue weighted by atomic mass is 9.77. The molecule has 0 aliphatic heterocycles. The van der Waals surface area contributed by atoms with Crippen molar-refractivity contribution in [1.29, 1.82) is 0 Å². The lowest BCUT2D eigenvalue weighted by molar-refractivity contribution is -0.142. The van der Waals surface area contributed by atoms with E-state index in [-0.39, 0.29) is 24.2 Å². The number of hydrogen-bond acceptors (Lipinski definition) is 0. The fraction of sp³-hybridized carbons (Fsp3) is 0.571. The van der Waals surface area contributed by atoms with E-state index in [9.17, 15) is 26.3 Å². The maximum absolute atomic E-state index is 14.7. The van der Waals surface area contributed by atoms with E-state index in [4.69, 9.17) is 0 Å². The average molecular weight is 485 g/mol. The first kappa shape index (κ1) is 26.6. The lowest BCUT2D eigenvalue weighted by Crippen LogP contribution is -2.14. The smallest absolute Gasteiger partial charge is 0.207 e. The first-order valence-corrected chi connectivity index (χ1v) is 12.5. The minimum Gasteiger partial charge on any atom is -0.207 e. The van der Waals surface area contributed by atoms with Gasteiger partial charge in [-0.2, -0.15) is 13.2 Å². The van der Waals surface area contributed by atoms with E-state index < -0.39 is 23.4 Å². The highest BCUT2D eigenvalue weighted by molar-refractivity contribution is 5.31. The van der Waals surface area contributed by atoms with Crippen LogP contribution in [0.25, 0.3) is 0 Å². The zero-order valence-electron chi connectivity index (χ0n) is 19.8. The number of halogens is 6. The fourth-order valence-electron chi connectivity index (χ4n) is 5.16. The first-order valence-electron chi connectivity index (χ1n) is 12.5. The van der Waals surface area contributed by atoms with Gasteiger partial charge < -0.3 is 0 Å². The van der Waals surface area contributed by atoms with Crippen LogP contribution in [-0.4, -0.2) is 0 Å². The molecular formula is C28H34F6. The molecule has 1 fully saturated rings. The molecular weight excluding hydrogens is 450 g/mol. The molecule has 188 valence electrons. The van der Waals surface area contributed by atoms with Crippen LogP contribution < -0.4 is 0 Å². The van der Waals surface area contributed by atoms with Crippen molar-refractivity contribution < 1.29 is 26.3 Å². The third-order valence-electron chi connectivity index (χ3n) is 7.18. The quantitative estimate of drug-likeness (QED) is 0.233. The zero-order valence-corrected chi connectivity index (χ0v) is 19.8. The normalized spacial score (nSPS) is 18.9. The molecule has 1 saturated carbocycles. The molecule has 0 saturated heterocycles. The Morgan fingerprint density at radius 1 is 0.765 bits per heavy atom. The standard InChI is InChI=1S/C28H34F6/c1-2-3-4-5-6-7-19-8-11-21(12-9-19)23-15-14-22(24(29)18-23)13-10-20-16-25(30)27(26(31)17-20)28(32,33)34/h14-19,21H,2-13H2,1H3. The number of rotatable bonds is 10. The summed E-state index contributed by atoms with van der Waals surface area (Å²) >= 11 is 0. The highest BCUT2D eigenvalue weighted by atomic mass is 19.4. The van der Waals surface area contributed by atoms with Crippen LogP contribution >= 0.6 is 0 Å². The Balaban J connectivity index is 1.52. The fourth-order valence-corrected chi connectivity index (χ4v) is 5.16. The Bertz CT molecular complexity index is 902. The lowest BCUT2D eigenvalue weighted by Gasteiger charge is -2.29. The number of unbranched alkanes of at least 4 members (excludes halogenated alkanes) is 4. The molecule has 6 heteroatoms.